The molecule has 0 spiro atoms. The minimum atomic E-state index is -2.70. The standard InChI is InChI=1S/C9H10BrF2IS/c1-2-3-6(13)9(11,12)7-4-5-8(10)14-7/h4-6H,2-3H2,1H3. The minimum Gasteiger partial charge on any atom is -0.199 e. The van der Waals surface area contributed by atoms with E-state index in [1.54, 1.807) is 6.07 Å². The Labute approximate surface area is 108 Å². The Bertz CT molecular complexity index is 301. The molecule has 0 saturated heterocycles. The Morgan fingerprint density at radius 2 is 2.21 bits per heavy atom. The van der Waals surface area contributed by atoms with E-state index in [-0.39, 0.29) is 4.88 Å². The summed E-state index contributed by atoms with van der Waals surface area (Å²) in [6.45, 7) is 1.92. The predicted octanol–water partition coefficient (Wildman–Crippen LogP) is 5.21. The van der Waals surface area contributed by atoms with Crippen molar-refractivity contribution in [2.45, 2.75) is 29.6 Å². The first-order chi connectivity index (χ1) is 6.48. The maximum Gasteiger partial charge on any atom is 0.293 e. The SMILES string of the molecule is CCCC(I)C(F)(F)c1ccc(Br)s1. The summed E-state index contributed by atoms with van der Waals surface area (Å²) in [5.41, 5.74) is 0. The van der Waals surface area contributed by atoms with Gasteiger partial charge in [0.25, 0.3) is 5.92 Å². The molecule has 0 saturated carbocycles. The second-order valence-corrected chi connectivity index (χ2v) is 6.95. The molecule has 0 bridgehead atoms. The van der Waals surface area contributed by atoms with Crippen LogP contribution in [0.4, 0.5) is 8.78 Å². The van der Waals surface area contributed by atoms with Gasteiger partial charge in [-0.05, 0) is 34.5 Å². The van der Waals surface area contributed by atoms with Gasteiger partial charge < -0.3 is 0 Å². The second-order valence-electron chi connectivity index (χ2n) is 2.98. The smallest absolute Gasteiger partial charge is 0.199 e. The molecule has 14 heavy (non-hydrogen) atoms. The molecule has 5 heteroatoms. The number of hydrogen-bond donors (Lipinski definition) is 0. The summed E-state index contributed by atoms with van der Waals surface area (Å²) in [4.78, 5) is 0.150. The molecule has 0 fully saturated rings. The Kier molecular flexibility index (Phi) is 4.77. The third-order valence-electron chi connectivity index (χ3n) is 1.84. The van der Waals surface area contributed by atoms with Gasteiger partial charge in [0, 0.05) is 0 Å². The molecule has 0 aromatic carbocycles. The second kappa shape index (κ2) is 5.21. The van der Waals surface area contributed by atoms with Gasteiger partial charge in [0.15, 0.2) is 0 Å². The van der Waals surface area contributed by atoms with Crippen molar-refractivity contribution < 1.29 is 8.78 Å². The number of hydrogen-bond acceptors (Lipinski definition) is 1. The maximum absolute atomic E-state index is 13.7. The van der Waals surface area contributed by atoms with E-state index in [9.17, 15) is 8.78 Å². The number of rotatable bonds is 4. The minimum absolute atomic E-state index is 0.150. The molecule has 1 atom stereocenters. The normalized spacial score (nSPS) is 14.4. The van der Waals surface area contributed by atoms with Crippen molar-refractivity contribution in [1.29, 1.82) is 0 Å². The summed E-state index contributed by atoms with van der Waals surface area (Å²) in [5.74, 6) is -2.70. The quantitative estimate of drug-likeness (QED) is 0.486. The highest BCUT2D eigenvalue weighted by molar-refractivity contribution is 14.1. The molecule has 80 valence electrons. The summed E-state index contributed by atoms with van der Waals surface area (Å²) in [7, 11) is 0. The first-order valence-corrected chi connectivity index (χ1v) is 7.11. The summed E-state index contributed by atoms with van der Waals surface area (Å²) in [6, 6.07) is 3.17. The van der Waals surface area contributed by atoms with E-state index in [1.165, 1.54) is 6.07 Å². The first kappa shape index (κ1) is 12.8. The van der Waals surface area contributed by atoms with Crippen molar-refractivity contribution in [3.8, 4) is 0 Å². The zero-order valence-electron chi connectivity index (χ0n) is 7.57. The van der Waals surface area contributed by atoms with Gasteiger partial charge in [-0.15, -0.1) is 11.3 Å². The fraction of sp³-hybridized carbons (Fsp3) is 0.556. The van der Waals surface area contributed by atoms with Gasteiger partial charge in [-0.2, -0.15) is 8.78 Å². The first-order valence-electron chi connectivity index (χ1n) is 4.26. The van der Waals surface area contributed by atoms with Crippen LogP contribution in [0.25, 0.3) is 0 Å². The molecule has 0 aliphatic rings. The van der Waals surface area contributed by atoms with E-state index >= 15 is 0 Å². The van der Waals surface area contributed by atoms with Crippen molar-refractivity contribution in [2.24, 2.45) is 0 Å². The molecule has 0 radical (unpaired) electrons. The van der Waals surface area contributed by atoms with Gasteiger partial charge in [-0.25, -0.2) is 0 Å². The number of alkyl halides is 3. The Morgan fingerprint density at radius 3 is 2.64 bits per heavy atom. The lowest BCUT2D eigenvalue weighted by molar-refractivity contribution is 0.000246. The van der Waals surface area contributed by atoms with E-state index in [2.05, 4.69) is 15.9 Å². The average Bonchev–Trinajstić information content (AvgIpc) is 2.52. The van der Waals surface area contributed by atoms with Gasteiger partial charge in [-0.3, -0.25) is 0 Å². The fourth-order valence-corrected chi connectivity index (χ4v) is 3.67. The van der Waals surface area contributed by atoms with Crippen LogP contribution < -0.4 is 0 Å². The van der Waals surface area contributed by atoms with Crippen LogP contribution in [0, 0.1) is 0 Å². The molecule has 0 aliphatic carbocycles. The van der Waals surface area contributed by atoms with Crippen molar-refractivity contribution in [3.05, 3.63) is 20.8 Å². The Balaban J connectivity index is 2.83. The lowest BCUT2D eigenvalue weighted by Gasteiger charge is -2.20. The molecule has 1 rings (SSSR count). The largest absolute Gasteiger partial charge is 0.293 e. The molecule has 1 aromatic rings. The van der Waals surface area contributed by atoms with Crippen LogP contribution in [-0.4, -0.2) is 3.92 Å². The van der Waals surface area contributed by atoms with Crippen LogP contribution in [0.2, 0.25) is 0 Å². The highest BCUT2D eigenvalue weighted by atomic mass is 127. The molecular weight excluding hydrogens is 385 g/mol. The van der Waals surface area contributed by atoms with Gasteiger partial charge in [0.1, 0.15) is 0 Å². The zero-order valence-corrected chi connectivity index (χ0v) is 12.1. The highest BCUT2D eigenvalue weighted by Crippen LogP contribution is 2.42. The number of thiophene rings is 1. The van der Waals surface area contributed by atoms with Crippen molar-refractivity contribution in [1.82, 2.24) is 0 Å². The van der Waals surface area contributed by atoms with Crippen LogP contribution in [0.3, 0.4) is 0 Å². The highest BCUT2D eigenvalue weighted by Gasteiger charge is 2.40. The monoisotopic (exact) mass is 394 g/mol. The molecule has 1 aromatic heterocycles. The molecule has 1 unspecified atom stereocenters. The van der Waals surface area contributed by atoms with E-state index in [0.29, 0.717) is 6.42 Å². The van der Waals surface area contributed by atoms with Gasteiger partial charge in [0.05, 0.1) is 12.6 Å². The van der Waals surface area contributed by atoms with Crippen LogP contribution in [0.5, 0.6) is 0 Å². The Hall–Kier alpha value is 0.770. The lowest BCUT2D eigenvalue weighted by Crippen LogP contribution is -2.24. The van der Waals surface area contributed by atoms with E-state index in [0.717, 1.165) is 21.5 Å². The van der Waals surface area contributed by atoms with Crippen LogP contribution in [-0.2, 0) is 5.92 Å². The zero-order chi connectivity index (χ0) is 10.8. The van der Waals surface area contributed by atoms with Crippen molar-refractivity contribution in [2.75, 3.05) is 0 Å². The predicted molar refractivity (Wildman–Crippen MR) is 68.6 cm³/mol. The van der Waals surface area contributed by atoms with Crippen LogP contribution in [0.15, 0.2) is 15.9 Å². The molecule has 0 nitrogen and oxygen atoms in total. The van der Waals surface area contributed by atoms with Gasteiger partial charge in [-0.1, -0.05) is 35.9 Å². The summed E-state index contributed by atoms with van der Waals surface area (Å²) >= 11 is 6.14. The lowest BCUT2D eigenvalue weighted by atomic mass is 10.1. The van der Waals surface area contributed by atoms with E-state index in [1.807, 2.05) is 29.5 Å². The van der Waals surface area contributed by atoms with Gasteiger partial charge in [0.2, 0.25) is 0 Å². The Morgan fingerprint density at radius 1 is 1.57 bits per heavy atom. The third-order valence-corrected chi connectivity index (χ3v) is 4.95. The summed E-state index contributed by atoms with van der Waals surface area (Å²) < 4.78 is 27.6. The number of halogens is 4. The average molecular weight is 395 g/mol. The topological polar surface area (TPSA) is 0 Å². The fourth-order valence-electron chi connectivity index (χ4n) is 1.08. The molecule has 1 heterocycles. The molecule has 0 N–H and O–H groups in total. The molecule has 0 amide bonds. The molecule has 0 aliphatic heterocycles. The van der Waals surface area contributed by atoms with E-state index in [4.69, 9.17) is 0 Å². The van der Waals surface area contributed by atoms with Crippen molar-refractivity contribution >= 4 is 49.9 Å². The van der Waals surface area contributed by atoms with Crippen molar-refractivity contribution in [3.63, 3.8) is 0 Å². The van der Waals surface area contributed by atoms with Gasteiger partial charge >= 0.3 is 0 Å². The molecular formula is C9H10BrF2IS. The summed E-state index contributed by atoms with van der Waals surface area (Å²) in [6.07, 6.45) is 1.33. The van der Waals surface area contributed by atoms with Crippen LogP contribution in [0.1, 0.15) is 24.6 Å². The third kappa shape index (κ3) is 2.88. The van der Waals surface area contributed by atoms with Crippen LogP contribution >= 0.6 is 49.9 Å². The van der Waals surface area contributed by atoms with E-state index < -0.39 is 9.85 Å². The maximum atomic E-state index is 13.7. The summed E-state index contributed by atoms with van der Waals surface area (Å²) in [5, 5.41) is 0.